The smallest absolute Gasteiger partial charge is 0.312 e. The van der Waals surface area contributed by atoms with Crippen LogP contribution < -0.4 is 10.6 Å². The fourth-order valence-electron chi connectivity index (χ4n) is 4.03. The molecule has 3 N–H and O–H groups in total. The molecule has 3 heterocycles. The van der Waals surface area contributed by atoms with E-state index in [-0.39, 0.29) is 12.5 Å². The number of benzene rings is 1. The highest BCUT2D eigenvalue weighted by atomic mass is 16.4. The molecule has 7 heteroatoms. The van der Waals surface area contributed by atoms with Gasteiger partial charge in [0.25, 0.3) is 0 Å². The van der Waals surface area contributed by atoms with E-state index < -0.39 is 11.9 Å². The van der Waals surface area contributed by atoms with Crippen molar-refractivity contribution in [3.8, 4) is 0 Å². The number of unbranched alkanes of at least 4 members (excludes halogenated alkanes) is 1. The van der Waals surface area contributed by atoms with E-state index in [0.29, 0.717) is 12.0 Å². The third kappa shape index (κ3) is 5.41. The molecular formula is C25H28N4O3. The van der Waals surface area contributed by atoms with Crippen LogP contribution in [0, 0.1) is 0 Å². The lowest BCUT2D eigenvalue weighted by Crippen LogP contribution is -2.31. The van der Waals surface area contributed by atoms with Crippen LogP contribution in [0.3, 0.4) is 0 Å². The number of carbonyl (C=O) groups is 2. The van der Waals surface area contributed by atoms with Gasteiger partial charge in [0, 0.05) is 36.8 Å². The second kappa shape index (κ2) is 10.2. The summed E-state index contributed by atoms with van der Waals surface area (Å²) >= 11 is 0. The number of pyridine rings is 2. The zero-order chi connectivity index (χ0) is 22.3. The van der Waals surface area contributed by atoms with E-state index in [1.165, 1.54) is 5.56 Å². The molecular weight excluding hydrogens is 404 g/mol. The molecule has 1 atom stereocenters. The minimum absolute atomic E-state index is 0.0479. The molecule has 1 amide bonds. The predicted molar refractivity (Wildman–Crippen MR) is 124 cm³/mol. The van der Waals surface area contributed by atoms with Crippen LogP contribution in [0.25, 0.3) is 10.9 Å². The van der Waals surface area contributed by atoms with E-state index in [4.69, 9.17) is 0 Å². The number of rotatable bonds is 9. The van der Waals surface area contributed by atoms with Gasteiger partial charge in [-0.05, 0) is 61.4 Å². The summed E-state index contributed by atoms with van der Waals surface area (Å²) < 4.78 is 0. The van der Waals surface area contributed by atoms with Crippen LogP contribution in [-0.4, -0.2) is 40.0 Å². The summed E-state index contributed by atoms with van der Waals surface area (Å²) in [7, 11) is 0. The van der Waals surface area contributed by atoms with Crippen LogP contribution in [0.5, 0.6) is 0 Å². The standard InChI is InChI=1S/C25H28N4O3/c30-23(10-4-2-8-20-12-11-17-7-5-13-26-24(17)29-20)28-16-21(25(31)32)19-14-18-6-1-3-9-22(18)27-15-19/h1,3,6,9,11-12,14-15,21H,2,4-5,7-8,10,13,16H2,(H,26,29)(H,28,30)(H,31,32)/t21-/m1/s1. The molecule has 32 heavy (non-hydrogen) atoms. The molecule has 0 saturated carbocycles. The van der Waals surface area contributed by atoms with Crippen molar-refractivity contribution < 1.29 is 14.7 Å². The number of amides is 1. The zero-order valence-corrected chi connectivity index (χ0v) is 18.0. The number of carboxylic acid groups (broad SMARTS) is 1. The minimum Gasteiger partial charge on any atom is -0.481 e. The topological polar surface area (TPSA) is 104 Å². The molecule has 0 saturated heterocycles. The maximum Gasteiger partial charge on any atom is 0.312 e. The number of hydrogen-bond acceptors (Lipinski definition) is 5. The van der Waals surface area contributed by atoms with Crippen LogP contribution in [0.2, 0.25) is 0 Å². The van der Waals surface area contributed by atoms with Crippen molar-refractivity contribution in [3.05, 3.63) is 65.5 Å². The molecule has 7 nitrogen and oxygen atoms in total. The molecule has 2 aromatic heterocycles. The molecule has 0 spiro atoms. The second-order valence-electron chi connectivity index (χ2n) is 8.20. The van der Waals surface area contributed by atoms with Gasteiger partial charge in [0.15, 0.2) is 0 Å². The summed E-state index contributed by atoms with van der Waals surface area (Å²) in [5.41, 5.74) is 3.71. The highest BCUT2D eigenvalue weighted by Crippen LogP contribution is 2.21. The van der Waals surface area contributed by atoms with Crippen LogP contribution in [0.1, 0.15) is 48.4 Å². The number of aryl methyl sites for hydroxylation is 2. The second-order valence-corrected chi connectivity index (χ2v) is 8.20. The highest BCUT2D eigenvalue weighted by molar-refractivity contribution is 5.83. The molecule has 0 radical (unpaired) electrons. The van der Waals surface area contributed by atoms with Gasteiger partial charge in [-0.3, -0.25) is 14.6 Å². The maximum atomic E-state index is 12.3. The lowest BCUT2D eigenvalue weighted by Gasteiger charge is -2.17. The number of nitrogens with one attached hydrogen (secondary N) is 2. The largest absolute Gasteiger partial charge is 0.481 e. The lowest BCUT2D eigenvalue weighted by atomic mass is 9.99. The Balaban J connectivity index is 1.24. The quantitative estimate of drug-likeness (QED) is 0.446. The monoisotopic (exact) mass is 432 g/mol. The molecule has 1 aromatic carbocycles. The van der Waals surface area contributed by atoms with Gasteiger partial charge in [-0.1, -0.05) is 24.3 Å². The Morgan fingerprint density at radius 1 is 1.16 bits per heavy atom. The summed E-state index contributed by atoms with van der Waals surface area (Å²) in [6.07, 6.45) is 6.57. The van der Waals surface area contributed by atoms with Crippen LogP contribution >= 0.6 is 0 Å². The third-order valence-electron chi connectivity index (χ3n) is 5.85. The number of fused-ring (bicyclic) bond motifs is 2. The number of aromatic nitrogens is 2. The Hall–Kier alpha value is -3.48. The summed E-state index contributed by atoms with van der Waals surface area (Å²) in [4.78, 5) is 33.1. The zero-order valence-electron chi connectivity index (χ0n) is 18.0. The molecule has 4 rings (SSSR count). The SMILES string of the molecule is O=C(CCCCc1ccc2c(n1)NCCC2)NC[C@@H](C(=O)O)c1cnc2ccccc2c1. The van der Waals surface area contributed by atoms with Crippen LogP contribution in [0.4, 0.5) is 5.82 Å². The fraction of sp³-hybridized carbons (Fsp3) is 0.360. The van der Waals surface area contributed by atoms with E-state index in [1.54, 1.807) is 6.20 Å². The van der Waals surface area contributed by atoms with Gasteiger partial charge in [0.2, 0.25) is 5.91 Å². The van der Waals surface area contributed by atoms with Crippen LogP contribution in [-0.2, 0) is 22.4 Å². The van der Waals surface area contributed by atoms with Gasteiger partial charge in [0.05, 0.1) is 5.52 Å². The van der Waals surface area contributed by atoms with E-state index >= 15 is 0 Å². The van der Waals surface area contributed by atoms with Crippen LogP contribution in [0.15, 0.2) is 48.7 Å². The van der Waals surface area contributed by atoms with E-state index in [0.717, 1.165) is 61.1 Å². The third-order valence-corrected chi connectivity index (χ3v) is 5.85. The fourth-order valence-corrected chi connectivity index (χ4v) is 4.03. The molecule has 0 fully saturated rings. The summed E-state index contributed by atoms with van der Waals surface area (Å²) in [5.74, 6) is -0.947. The van der Waals surface area contributed by atoms with Gasteiger partial charge in [0.1, 0.15) is 11.7 Å². The Morgan fingerprint density at radius 3 is 2.91 bits per heavy atom. The minimum atomic E-state index is -0.977. The lowest BCUT2D eigenvalue weighted by molar-refractivity contribution is -0.138. The number of hydrogen-bond donors (Lipinski definition) is 3. The molecule has 3 aromatic rings. The summed E-state index contributed by atoms with van der Waals surface area (Å²) in [5, 5.41) is 16.6. The van der Waals surface area contributed by atoms with E-state index in [9.17, 15) is 14.7 Å². The number of carboxylic acids is 1. The molecule has 0 bridgehead atoms. The van der Waals surface area contributed by atoms with Crippen molar-refractivity contribution >= 4 is 28.6 Å². The first-order valence-electron chi connectivity index (χ1n) is 11.2. The average molecular weight is 433 g/mol. The van der Waals surface area contributed by atoms with E-state index in [1.807, 2.05) is 30.3 Å². The Kier molecular flexibility index (Phi) is 6.94. The normalized spacial score (nSPS) is 13.8. The van der Waals surface area contributed by atoms with Crippen molar-refractivity contribution in [1.29, 1.82) is 0 Å². The van der Waals surface area contributed by atoms with Crippen molar-refractivity contribution in [2.45, 2.75) is 44.4 Å². The first kappa shape index (κ1) is 21.7. The number of carbonyl (C=O) groups excluding carboxylic acids is 1. The average Bonchev–Trinajstić information content (AvgIpc) is 2.81. The van der Waals surface area contributed by atoms with Gasteiger partial charge in [-0.15, -0.1) is 0 Å². The Morgan fingerprint density at radius 2 is 2.03 bits per heavy atom. The predicted octanol–water partition coefficient (Wildman–Crippen LogP) is 3.69. The first-order chi connectivity index (χ1) is 15.6. The Labute approximate surface area is 187 Å². The van der Waals surface area contributed by atoms with Gasteiger partial charge < -0.3 is 15.7 Å². The van der Waals surface area contributed by atoms with Crippen molar-refractivity contribution in [3.63, 3.8) is 0 Å². The van der Waals surface area contributed by atoms with Gasteiger partial charge >= 0.3 is 5.97 Å². The Bertz CT molecular complexity index is 1120. The van der Waals surface area contributed by atoms with Crippen molar-refractivity contribution in [2.75, 3.05) is 18.4 Å². The number of para-hydroxylation sites is 1. The van der Waals surface area contributed by atoms with Crippen molar-refractivity contribution in [1.82, 2.24) is 15.3 Å². The number of nitrogens with zero attached hydrogens (tertiary/aromatic N) is 2. The molecule has 166 valence electrons. The summed E-state index contributed by atoms with van der Waals surface area (Å²) in [6.45, 7) is 1.02. The highest BCUT2D eigenvalue weighted by Gasteiger charge is 2.21. The first-order valence-corrected chi connectivity index (χ1v) is 11.2. The van der Waals surface area contributed by atoms with E-state index in [2.05, 4.69) is 32.7 Å². The maximum absolute atomic E-state index is 12.3. The molecule has 0 unspecified atom stereocenters. The van der Waals surface area contributed by atoms with Gasteiger partial charge in [-0.2, -0.15) is 0 Å². The number of anilines is 1. The van der Waals surface area contributed by atoms with Gasteiger partial charge in [-0.25, -0.2) is 4.98 Å². The number of aliphatic carboxylic acids is 1. The molecule has 1 aliphatic heterocycles. The van der Waals surface area contributed by atoms with Crippen molar-refractivity contribution in [2.24, 2.45) is 0 Å². The molecule has 0 aliphatic carbocycles. The summed E-state index contributed by atoms with van der Waals surface area (Å²) in [6, 6.07) is 13.6. The molecule has 1 aliphatic rings.